The summed E-state index contributed by atoms with van der Waals surface area (Å²) in [5.41, 5.74) is 1.67. The van der Waals surface area contributed by atoms with Crippen LogP contribution in [0.2, 0.25) is 0 Å². The Morgan fingerprint density at radius 3 is 2.45 bits per heavy atom. The van der Waals surface area contributed by atoms with Crippen LogP contribution in [0, 0.1) is 11.3 Å². The van der Waals surface area contributed by atoms with Gasteiger partial charge in [0.15, 0.2) is 0 Å². The van der Waals surface area contributed by atoms with E-state index in [9.17, 15) is 20.0 Å². The predicted molar refractivity (Wildman–Crippen MR) is 110 cm³/mol. The van der Waals surface area contributed by atoms with E-state index in [0.29, 0.717) is 32.8 Å². The summed E-state index contributed by atoms with van der Waals surface area (Å²) in [4.78, 5) is 25.0. The number of pyridine rings is 1. The summed E-state index contributed by atoms with van der Waals surface area (Å²) in [6.45, 7) is 0. The van der Waals surface area contributed by atoms with Crippen molar-refractivity contribution in [1.29, 1.82) is 5.26 Å². The van der Waals surface area contributed by atoms with Gasteiger partial charge in [-0.1, -0.05) is 30.3 Å². The number of hydrogen-bond acceptors (Lipinski definition) is 5. The topological polar surface area (TPSA) is 95.1 Å². The maximum Gasteiger partial charge on any atom is 1.00 e. The number of benzene rings is 2. The van der Waals surface area contributed by atoms with E-state index in [1.54, 1.807) is 42.5 Å². The summed E-state index contributed by atoms with van der Waals surface area (Å²) in [6.07, 6.45) is 0. The van der Waals surface area contributed by atoms with Crippen LogP contribution < -0.4 is 29.7 Å². The number of carboxylic acids is 1. The molecule has 4 rings (SSSR count). The van der Waals surface area contributed by atoms with Crippen molar-refractivity contribution in [3.05, 3.63) is 87.5 Å². The SMILES string of the molecule is N#Cc1ccccc1Nc1c(C(=O)O)sc2c1ccc(=O)n2-c1ccccc1.[H-].[Li+]. The number of aromatic carboxylic acids is 1. The summed E-state index contributed by atoms with van der Waals surface area (Å²) in [7, 11) is 0. The molecule has 0 aliphatic heterocycles. The van der Waals surface area contributed by atoms with E-state index in [4.69, 9.17) is 0 Å². The Morgan fingerprint density at radius 2 is 1.76 bits per heavy atom. The zero-order valence-electron chi connectivity index (χ0n) is 16.4. The molecule has 0 saturated heterocycles. The summed E-state index contributed by atoms with van der Waals surface area (Å²) >= 11 is 1.02. The molecule has 6 nitrogen and oxygen atoms in total. The van der Waals surface area contributed by atoms with Gasteiger partial charge >= 0.3 is 24.8 Å². The number of anilines is 2. The second-order valence-corrected chi connectivity index (χ2v) is 6.95. The third-order valence-electron chi connectivity index (χ3n) is 4.26. The molecule has 2 heterocycles. The van der Waals surface area contributed by atoms with Crippen LogP contribution in [0.5, 0.6) is 0 Å². The maximum atomic E-state index is 12.5. The second-order valence-electron chi connectivity index (χ2n) is 5.96. The van der Waals surface area contributed by atoms with Gasteiger partial charge in [-0.3, -0.25) is 9.36 Å². The molecule has 29 heavy (non-hydrogen) atoms. The Bertz CT molecular complexity index is 1310. The number of carboxylic acid groups (broad SMARTS) is 1. The van der Waals surface area contributed by atoms with E-state index < -0.39 is 5.97 Å². The molecule has 0 aliphatic carbocycles. The molecule has 0 amide bonds. The van der Waals surface area contributed by atoms with E-state index in [2.05, 4.69) is 11.4 Å². The normalized spacial score (nSPS) is 10.2. The van der Waals surface area contributed by atoms with Gasteiger partial charge in [-0.25, -0.2) is 4.79 Å². The maximum absolute atomic E-state index is 12.5. The van der Waals surface area contributed by atoms with Crippen molar-refractivity contribution in [2.75, 3.05) is 5.32 Å². The van der Waals surface area contributed by atoms with Crippen LogP contribution >= 0.6 is 11.3 Å². The molecule has 2 N–H and O–H groups in total. The fourth-order valence-corrected chi connectivity index (χ4v) is 4.11. The number of fused-ring (bicyclic) bond motifs is 1. The van der Waals surface area contributed by atoms with Crippen LogP contribution in [-0.2, 0) is 0 Å². The van der Waals surface area contributed by atoms with Gasteiger partial charge in [-0.2, -0.15) is 5.26 Å². The number of nitrogens with one attached hydrogen (secondary N) is 1. The van der Waals surface area contributed by atoms with E-state index >= 15 is 0 Å². The van der Waals surface area contributed by atoms with Crippen LogP contribution in [0.15, 0.2) is 71.5 Å². The first-order valence-corrected chi connectivity index (χ1v) is 9.15. The van der Waals surface area contributed by atoms with Crippen LogP contribution in [0.4, 0.5) is 11.4 Å². The zero-order valence-corrected chi connectivity index (χ0v) is 16.2. The number of hydrogen-bond donors (Lipinski definition) is 2. The summed E-state index contributed by atoms with van der Waals surface area (Å²) in [5.74, 6) is -1.11. The Hall–Kier alpha value is -3.29. The minimum Gasteiger partial charge on any atom is -1.00 e. The quantitative estimate of drug-likeness (QED) is 0.511. The first-order valence-electron chi connectivity index (χ1n) is 8.33. The fourth-order valence-electron chi connectivity index (χ4n) is 3.00. The number of para-hydroxylation sites is 2. The van der Waals surface area contributed by atoms with Gasteiger partial charge in [-0.05, 0) is 30.3 Å². The van der Waals surface area contributed by atoms with Crippen LogP contribution in [0.1, 0.15) is 16.7 Å². The van der Waals surface area contributed by atoms with Gasteiger partial charge in [0.25, 0.3) is 5.56 Å². The van der Waals surface area contributed by atoms with Crippen molar-refractivity contribution in [2.45, 2.75) is 0 Å². The molecular weight excluding hydrogens is 381 g/mol. The molecule has 138 valence electrons. The third kappa shape index (κ3) is 3.70. The van der Waals surface area contributed by atoms with Gasteiger partial charge in [-0.15, -0.1) is 11.3 Å². The summed E-state index contributed by atoms with van der Waals surface area (Å²) in [5, 5.41) is 22.7. The van der Waals surface area contributed by atoms with E-state index in [1.165, 1.54) is 10.6 Å². The summed E-state index contributed by atoms with van der Waals surface area (Å²) in [6, 6.07) is 21.0. The number of nitriles is 1. The number of thiophene rings is 1. The predicted octanol–water partition coefficient (Wildman–Crippen LogP) is 1.48. The first-order chi connectivity index (χ1) is 13.6. The first kappa shape index (κ1) is 20.4. The molecule has 2 aromatic heterocycles. The molecule has 0 radical (unpaired) electrons. The van der Waals surface area contributed by atoms with Gasteiger partial charge in [0.1, 0.15) is 15.8 Å². The van der Waals surface area contributed by atoms with Gasteiger partial charge < -0.3 is 11.8 Å². The minimum absolute atomic E-state index is 0. The standard InChI is InChI=1S/C21H13N3O3S.Li.H/c22-12-13-6-4-5-9-16(13)23-18-15-10-11-17(25)24(14-7-2-1-3-8-14)20(15)28-19(18)21(26)27;;/h1-11,23H,(H,26,27);;/q;+1;-1. The van der Waals surface area contributed by atoms with Crippen molar-refractivity contribution in [3.8, 4) is 11.8 Å². The van der Waals surface area contributed by atoms with Gasteiger partial charge in [0, 0.05) is 11.5 Å². The second kappa shape index (κ2) is 8.38. The summed E-state index contributed by atoms with van der Waals surface area (Å²) < 4.78 is 1.49. The molecule has 0 spiro atoms. The van der Waals surface area contributed by atoms with E-state index in [1.807, 2.05) is 18.2 Å². The van der Waals surface area contributed by atoms with Gasteiger partial charge in [0.05, 0.1) is 22.6 Å². The average Bonchev–Trinajstić information content (AvgIpc) is 3.07. The molecule has 2 aromatic carbocycles. The molecule has 0 atom stereocenters. The molecule has 0 aliphatic rings. The number of carbonyl (C=O) groups is 1. The van der Waals surface area contributed by atoms with Crippen LogP contribution in [0.25, 0.3) is 15.9 Å². The molecule has 8 heteroatoms. The smallest absolute Gasteiger partial charge is 1.00 e. The largest absolute Gasteiger partial charge is 1.00 e. The molecular formula is C21H14LiN3O3S. The molecule has 0 saturated carbocycles. The Labute approximate surface area is 183 Å². The number of aromatic nitrogens is 1. The van der Waals surface area contributed by atoms with Gasteiger partial charge in [0.2, 0.25) is 0 Å². The monoisotopic (exact) mass is 395 g/mol. The number of rotatable bonds is 4. The van der Waals surface area contributed by atoms with Crippen LogP contribution in [0.3, 0.4) is 0 Å². The molecule has 0 bridgehead atoms. The molecule has 0 unspecified atom stereocenters. The Morgan fingerprint density at radius 1 is 1.07 bits per heavy atom. The average molecular weight is 395 g/mol. The van der Waals surface area contributed by atoms with Crippen molar-refractivity contribution in [1.82, 2.24) is 4.57 Å². The van der Waals surface area contributed by atoms with E-state index in [0.717, 1.165) is 11.3 Å². The third-order valence-corrected chi connectivity index (χ3v) is 5.44. The van der Waals surface area contributed by atoms with Crippen molar-refractivity contribution >= 4 is 38.9 Å². The van der Waals surface area contributed by atoms with Crippen molar-refractivity contribution in [3.63, 3.8) is 0 Å². The molecule has 4 aromatic rings. The Kier molecular flexibility index (Phi) is 5.91. The number of nitrogens with zero attached hydrogens (tertiary/aromatic N) is 2. The van der Waals surface area contributed by atoms with Crippen LogP contribution in [-0.4, -0.2) is 15.6 Å². The fraction of sp³-hybridized carbons (Fsp3) is 0. The Balaban J connectivity index is 0.00000160. The zero-order chi connectivity index (χ0) is 19.7. The molecule has 0 fully saturated rings. The van der Waals surface area contributed by atoms with Crippen molar-refractivity contribution < 1.29 is 30.2 Å². The minimum atomic E-state index is -1.11. The van der Waals surface area contributed by atoms with E-state index in [-0.39, 0.29) is 30.7 Å². The van der Waals surface area contributed by atoms with Crippen molar-refractivity contribution in [2.24, 2.45) is 0 Å².